The van der Waals surface area contributed by atoms with Crippen LogP contribution < -0.4 is 20.1 Å². The van der Waals surface area contributed by atoms with Crippen LogP contribution in [0, 0.1) is 5.92 Å². The number of ether oxygens (including phenoxy) is 2. The van der Waals surface area contributed by atoms with E-state index in [1.807, 2.05) is 0 Å². The minimum absolute atomic E-state index is 0.0770. The van der Waals surface area contributed by atoms with Crippen molar-refractivity contribution in [3.63, 3.8) is 0 Å². The van der Waals surface area contributed by atoms with E-state index in [9.17, 15) is 4.79 Å². The Morgan fingerprint density at radius 1 is 1.25 bits per heavy atom. The Morgan fingerprint density at radius 2 is 2.00 bits per heavy atom. The maximum absolute atomic E-state index is 12.3. The van der Waals surface area contributed by atoms with E-state index in [0.29, 0.717) is 23.0 Å². The zero-order valence-corrected chi connectivity index (χ0v) is 12.2. The van der Waals surface area contributed by atoms with E-state index < -0.39 is 0 Å². The van der Waals surface area contributed by atoms with Gasteiger partial charge in [-0.3, -0.25) is 4.79 Å². The highest BCUT2D eigenvalue weighted by atomic mass is 16.5. The fourth-order valence-corrected chi connectivity index (χ4v) is 2.51. The Morgan fingerprint density at radius 3 is 2.65 bits per heavy atom. The first-order chi connectivity index (χ1) is 9.63. The number of piperidine rings is 1. The topological polar surface area (TPSA) is 59.6 Å². The first-order valence-electron chi connectivity index (χ1n) is 6.87. The van der Waals surface area contributed by atoms with Crippen molar-refractivity contribution >= 4 is 5.91 Å². The zero-order valence-electron chi connectivity index (χ0n) is 12.2. The molecule has 1 aromatic rings. The van der Waals surface area contributed by atoms with Crippen LogP contribution in [0.15, 0.2) is 18.2 Å². The number of methoxy groups -OCH3 is 2. The van der Waals surface area contributed by atoms with Gasteiger partial charge in [0.15, 0.2) is 11.5 Å². The largest absolute Gasteiger partial charge is 0.493 e. The van der Waals surface area contributed by atoms with Gasteiger partial charge in [-0.2, -0.15) is 0 Å². The van der Waals surface area contributed by atoms with Crippen LogP contribution in [0.4, 0.5) is 0 Å². The second kappa shape index (κ2) is 6.61. The van der Waals surface area contributed by atoms with E-state index in [0.717, 1.165) is 19.5 Å². The Hall–Kier alpha value is -1.75. The van der Waals surface area contributed by atoms with Crippen LogP contribution in [0.3, 0.4) is 0 Å². The molecular formula is C15H22N2O3. The third-order valence-corrected chi connectivity index (χ3v) is 3.55. The fraction of sp³-hybridized carbons (Fsp3) is 0.533. The van der Waals surface area contributed by atoms with Gasteiger partial charge in [-0.15, -0.1) is 0 Å². The Labute approximate surface area is 119 Å². The highest BCUT2D eigenvalue weighted by Crippen LogP contribution is 2.27. The molecule has 0 radical (unpaired) electrons. The average molecular weight is 278 g/mol. The van der Waals surface area contributed by atoms with Gasteiger partial charge in [0.05, 0.1) is 14.2 Å². The molecule has 1 amide bonds. The van der Waals surface area contributed by atoms with Gasteiger partial charge in [-0.25, -0.2) is 0 Å². The maximum Gasteiger partial charge on any atom is 0.251 e. The van der Waals surface area contributed by atoms with Gasteiger partial charge in [-0.1, -0.05) is 6.92 Å². The van der Waals surface area contributed by atoms with Crippen molar-refractivity contribution in [2.75, 3.05) is 27.3 Å². The summed E-state index contributed by atoms with van der Waals surface area (Å²) in [7, 11) is 3.14. The molecular weight excluding hydrogens is 256 g/mol. The summed E-state index contributed by atoms with van der Waals surface area (Å²) in [5.74, 6) is 1.69. The van der Waals surface area contributed by atoms with Crippen LogP contribution in [-0.2, 0) is 0 Å². The van der Waals surface area contributed by atoms with Crippen LogP contribution in [0.1, 0.15) is 23.7 Å². The third-order valence-electron chi connectivity index (χ3n) is 3.55. The van der Waals surface area contributed by atoms with Gasteiger partial charge in [0.2, 0.25) is 0 Å². The average Bonchev–Trinajstić information content (AvgIpc) is 2.46. The quantitative estimate of drug-likeness (QED) is 0.875. The predicted octanol–water partition coefficient (Wildman–Crippen LogP) is 1.43. The zero-order chi connectivity index (χ0) is 14.5. The molecule has 2 atom stereocenters. The van der Waals surface area contributed by atoms with E-state index in [4.69, 9.17) is 9.47 Å². The van der Waals surface area contributed by atoms with Crippen LogP contribution in [0.25, 0.3) is 0 Å². The fourth-order valence-electron chi connectivity index (χ4n) is 2.51. The SMILES string of the molecule is COc1ccc(C(=O)NC2CNCC(C)C2)cc1OC. The van der Waals surface area contributed by atoms with E-state index in [1.165, 1.54) is 0 Å². The highest BCUT2D eigenvalue weighted by Gasteiger charge is 2.21. The van der Waals surface area contributed by atoms with Crippen molar-refractivity contribution in [1.82, 2.24) is 10.6 Å². The summed E-state index contributed by atoms with van der Waals surface area (Å²) in [6.07, 6.45) is 1.01. The molecule has 1 aromatic carbocycles. The van der Waals surface area contributed by atoms with E-state index in [1.54, 1.807) is 32.4 Å². The summed E-state index contributed by atoms with van der Waals surface area (Å²) >= 11 is 0. The number of hydrogen-bond donors (Lipinski definition) is 2. The molecule has 2 rings (SSSR count). The van der Waals surface area contributed by atoms with Gasteiger partial charge in [0.25, 0.3) is 5.91 Å². The summed E-state index contributed by atoms with van der Waals surface area (Å²) in [5, 5.41) is 6.38. The number of benzene rings is 1. The Balaban J connectivity index is 2.05. The molecule has 20 heavy (non-hydrogen) atoms. The second-order valence-corrected chi connectivity index (χ2v) is 5.24. The molecule has 1 aliphatic heterocycles. The van der Waals surface area contributed by atoms with E-state index in [2.05, 4.69) is 17.6 Å². The maximum atomic E-state index is 12.3. The van der Waals surface area contributed by atoms with Crippen molar-refractivity contribution in [3.05, 3.63) is 23.8 Å². The molecule has 0 saturated carbocycles. The summed E-state index contributed by atoms with van der Waals surface area (Å²) in [4.78, 5) is 12.3. The molecule has 1 aliphatic rings. The second-order valence-electron chi connectivity index (χ2n) is 5.24. The van der Waals surface area contributed by atoms with Crippen LogP contribution in [0.2, 0.25) is 0 Å². The predicted molar refractivity (Wildman–Crippen MR) is 77.5 cm³/mol. The number of amides is 1. The molecule has 1 fully saturated rings. The van der Waals surface area contributed by atoms with Crippen molar-refractivity contribution in [1.29, 1.82) is 0 Å². The molecule has 0 spiro atoms. The summed E-state index contributed by atoms with van der Waals surface area (Å²) in [5.41, 5.74) is 0.584. The van der Waals surface area contributed by atoms with Crippen molar-refractivity contribution in [2.24, 2.45) is 5.92 Å². The molecule has 5 heteroatoms. The number of rotatable bonds is 4. The molecule has 0 aromatic heterocycles. The molecule has 1 heterocycles. The van der Waals surface area contributed by atoms with Crippen molar-refractivity contribution < 1.29 is 14.3 Å². The van der Waals surface area contributed by atoms with Crippen LogP contribution in [-0.4, -0.2) is 39.3 Å². The minimum atomic E-state index is -0.0770. The Kier molecular flexibility index (Phi) is 4.84. The highest BCUT2D eigenvalue weighted by molar-refractivity contribution is 5.95. The molecule has 2 N–H and O–H groups in total. The van der Waals surface area contributed by atoms with Gasteiger partial charge in [0, 0.05) is 18.2 Å². The standard InChI is InChI=1S/C15H22N2O3/c1-10-6-12(9-16-8-10)17-15(18)11-4-5-13(19-2)14(7-11)20-3/h4-5,7,10,12,16H,6,8-9H2,1-3H3,(H,17,18). The van der Waals surface area contributed by atoms with Gasteiger partial charge < -0.3 is 20.1 Å². The first kappa shape index (κ1) is 14.7. The number of hydrogen-bond acceptors (Lipinski definition) is 4. The van der Waals surface area contributed by atoms with Crippen molar-refractivity contribution in [3.8, 4) is 11.5 Å². The molecule has 1 saturated heterocycles. The van der Waals surface area contributed by atoms with Gasteiger partial charge in [-0.05, 0) is 37.1 Å². The first-order valence-corrected chi connectivity index (χ1v) is 6.87. The van der Waals surface area contributed by atoms with Crippen LogP contribution in [0.5, 0.6) is 11.5 Å². The molecule has 2 unspecified atom stereocenters. The molecule has 5 nitrogen and oxygen atoms in total. The number of carbonyl (C=O) groups excluding carboxylic acids is 1. The van der Waals surface area contributed by atoms with E-state index >= 15 is 0 Å². The number of carbonyl (C=O) groups is 1. The summed E-state index contributed by atoms with van der Waals surface area (Å²) < 4.78 is 10.4. The van der Waals surface area contributed by atoms with E-state index in [-0.39, 0.29) is 11.9 Å². The monoisotopic (exact) mass is 278 g/mol. The summed E-state index contributed by atoms with van der Waals surface area (Å²) in [6, 6.07) is 5.37. The normalized spacial score (nSPS) is 22.1. The number of nitrogens with one attached hydrogen (secondary N) is 2. The van der Waals surface area contributed by atoms with Crippen molar-refractivity contribution in [2.45, 2.75) is 19.4 Å². The van der Waals surface area contributed by atoms with Crippen LogP contribution >= 0.6 is 0 Å². The lowest BCUT2D eigenvalue weighted by molar-refractivity contribution is 0.0925. The molecule has 0 bridgehead atoms. The van der Waals surface area contributed by atoms with Gasteiger partial charge >= 0.3 is 0 Å². The summed E-state index contributed by atoms with van der Waals surface area (Å²) in [6.45, 7) is 4.02. The molecule has 110 valence electrons. The molecule has 0 aliphatic carbocycles. The lowest BCUT2D eigenvalue weighted by atomic mass is 9.97. The lowest BCUT2D eigenvalue weighted by Gasteiger charge is -2.28. The van der Waals surface area contributed by atoms with Gasteiger partial charge in [0.1, 0.15) is 0 Å². The lowest BCUT2D eigenvalue weighted by Crippen LogP contribution is -2.48. The smallest absolute Gasteiger partial charge is 0.251 e. The minimum Gasteiger partial charge on any atom is -0.493 e. The Bertz CT molecular complexity index is 476. The third kappa shape index (κ3) is 3.42.